The number of hydrogen-bond donors (Lipinski definition) is 0. The average molecular weight is 277 g/mol. The van der Waals surface area contributed by atoms with Crippen LogP contribution in [0.15, 0.2) is 36.9 Å². The van der Waals surface area contributed by atoms with Crippen LogP contribution >= 0.6 is 0 Å². The Labute approximate surface area is 127 Å². The smallest absolute Gasteiger partial charge is 0.398 e. The molecular weight excluding hydrogens is 253 g/mol. The van der Waals surface area contributed by atoms with Crippen LogP contribution in [0.4, 0.5) is 0 Å². The molecule has 3 heterocycles. The van der Waals surface area contributed by atoms with E-state index >= 15 is 0 Å². The summed E-state index contributed by atoms with van der Waals surface area (Å²) in [5.74, 6) is 0. The first-order valence-electron chi connectivity index (χ1n) is 9.23. The van der Waals surface area contributed by atoms with Crippen molar-refractivity contribution in [2.24, 2.45) is 0 Å². The molecule has 20 heavy (non-hydrogen) atoms. The molecule has 0 bridgehead atoms. The van der Waals surface area contributed by atoms with Crippen LogP contribution in [0.2, 0.25) is 0 Å². The van der Waals surface area contributed by atoms with Gasteiger partial charge in [0.05, 0.1) is 30.0 Å². The first-order chi connectivity index (χ1) is 11.9. The van der Waals surface area contributed by atoms with Crippen molar-refractivity contribution in [2.75, 3.05) is 0 Å². The molecular formula is C14H18BN3O2. The van der Waals surface area contributed by atoms with Gasteiger partial charge in [-0.15, -0.1) is 0 Å². The van der Waals surface area contributed by atoms with Crippen LogP contribution in [0.1, 0.15) is 35.9 Å². The molecule has 0 aromatic carbocycles. The molecule has 1 aliphatic rings. The lowest BCUT2D eigenvalue weighted by Gasteiger charge is -2.32. The summed E-state index contributed by atoms with van der Waals surface area (Å²) >= 11 is 0. The second kappa shape index (κ2) is 4.43. The Morgan fingerprint density at radius 1 is 1.15 bits per heavy atom. The first kappa shape index (κ1) is 7.95. The molecule has 0 spiro atoms. The van der Waals surface area contributed by atoms with Gasteiger partial charge in [0.2, 0.25) is 0 Å². The van der Waals surface area contributed by atoms with Crippen molar-refractivity contribution in [3.8, 4) is 5.69 Å². The zero-order valence-electron chi connectivity index (χ0n) is 17.7. The van der Waals surface area contributed by atoms with Gasteiger partial charge >= 0.3 is 7.12 Å². The molecule has 0 amide bonds. The molecule has 0 unspecified atom stereocenters. The van der Waals surface area contributed by atoms with Crippen LogP contribution in [0.5, 0.6) is 0 Å². The summed E-state index contributed by atoms with van der Waals surface area (Å²) in [6.45, 7) is 7.39. The van der Waals surface area contributed by atoms with Gasteiger partial charge < -0.3 is 13.9 Å². The van der Waals surface area contributed by atoms with E-state index in [9.17, 15) is 0 Å². The molecule has 0 radical (unpaired) electrons. The number of nitrogens with zero attached hydrogens (tertiary/aromatic N) is 3. The van der Waals surface area contributed by atoms with Crippen molar-refractivity contribution in [1.82, 2.24) is 14.5 Å². The SMILES string of the molecule is [2H]c1nc([2H])c([2H])c(-n2c([2H])nc(B3OC(C)(C)C(C)(C)O3)c2[2H])c1[2H]. The van der Waals surface area contributed by atoms with Gasteiger partial charge in [0.1, 0.15) is 1.37 Å². The monoisotopic (exact) mass is 277 g/mol. The van der Waals surface area contributed by atoms with Crippen LogP contribution in [0.25, 0.3) is 5.69 Å². The standard InChI is InChI=1S/C14H18BN3O2/c1-13(2)14(3,4)20-15(19-13)12-9-18(10-17-12)11-5-7-16-8-6-11/h5-10H,1-4H3/i5D,6D,7D,8D,9D,10D. The van der Waals surface area contributed by atoms with Gasteiger partial charge in [-0.2, -0.15) is 0 Å². The number of hydrogen-bond acceptors (Lipinski definition) is 4. The van der Waals surface area contributed by atoms with Crippen molar-refractivity contribution in [3.05, 3.63) is 36.9 Å². The maximum absolute atomic E-state index is 8.37. The maximum atomic E-state index is 8.37. The Kier molecular flexibility index (Phi) is 1.76. The Hall–Kier alpha value is -1.66. The second-order valence-electron chi connectivity index (χ2n) is 5.57. The third kappa shape index (κ3) is 2.15. The van der Waals surface area contributed by atoms with Gasteiger partial charge in [0.25, 0.3) is 0 Å². The molecule has 2 aromatic heterocycles. The summed E-state index contributed by atoms with van der Waals surface area (Å²) in [6, 6.07) is -0.906. The number of imidazole rings is 1. The van der Waals surface area contributed by atoms with E-state index in [1.807, 2.05) is 27.7 Å². The largest absolute Gasteiger partial charge is 0.516 e. The Bertz CT molecular complexity index is 859. The molecule has 0 aliphatic carbocycles. The minimum Gasteiger partial charge on any atom is -0.398 e. The molecule has 2 aromatic rings. The van der Waals surface area contributed by atoms with Gasteiger partial charge in [-0.1, -0.05) is 0 Å². The van der Waals surface area contributed by atoms with Gasteiger partial charge in [-0.05, 0) is 39.8 Å². The van der Waals surface area contributed by atoms with E-state index in [2.05, 4.69) is 9.97 Å². The van der Waals surface area contributed by atoms with Crippen LogP contribution < -0.4 is 5.59 Å². The lowest BCUT2D eigenvalue weighted by molar-refractivity contribution is 0.00578. The van der Waals surface area contributed by atoms with E-state index in [1.165, 1.54) is 0 Å². The van der Waals surface area contributed by atoms with E-state index in [-0.39, 0.29) is 17.5 Å². The first-order valence-corrected chi connectivity index (χ1v) is 6.23. The summed E-state index contributed by atoms with van der Waals surface area (Å²) in [5.41, 5.74) is -1.52. The summed E-state index contributed by atoms with van der Waals surface area (Å²) in [6.07, 6.45) is -1.72. The average Bonchev–Trinajstić information content (AvgIpc) is 2.91. The quantitative estimate of drug-likeness (QED) is 0.782. The van der Waals surface area contributed by atoms with E-state index in [0.29, 0.717) is 0 Å². The molecule has 0 saturated carbocycles. The molecule has 0 atom stereocenters. The van der Waals surface area contributed by atoms with Crippen LogP contribution in [0, 0.1) is 0 Å². The summed E-state index contributed by atoms with van der Waals surface area (Å²) in [7, 11) is -0.978. The molecule has 6 heteroatoms. The van der Waals surface area contributed by atoms with Gasteiger partial charge in [-0.3, -0.25) is 4.98 Å². The number of pyridine rings is 1. The summed E-state index contributed by atoms with van der Waals surface area (Å²) in [4.78, 5) is 7.52. The van der Waals surface area contributed by atoms with E-state index in [0.717, 1.165) is 4.57 Å². The fourth-order valence-electron chi connectivity index (χ4n) is 1.77. The summed E-state index contributed by atoms with van der Waals surface area (Å²) < 4.78 is 60.4. The molecule has 1 aliphatic heterocycles. The fraction of sp³-hybridized carbons (Fsp3) is 0.429. The number of rotatable bonds is 2. The Morgan fingerprint density at radius 3 is 2.35 bits per heavy atom. The van der Waals surface area contributed by atoms with E-state index in [1.54, 1.807) is 0 Å². The topological polar surface area (TPSA) is 49.2 Å². The van der Waals surface area contributed by atoms with Gasteiger partial charge in [-0.25, -0.2) is 4.98 Å². The summed E-state index contributed by atoms with van der Waals surface area (Å²) in [5, 5.41) is 0. The highest BCUT2D eigenvalue weighted by molar-refractivity contribution is 6.61. The third-order valence-electron chi connectivity index (χ3n) is 3.66. The second-order valence-corrected chi connectivity index (χ2v) is 5.57. The van der Waals surface area contributed by atoms with Gasteiger partial charge in [0, 0.05) is 24.2 Å². The van der Waals surface area contributed by atoms with Gasteiger partial charge in [0.15, 0.2) is 0 Å². The number of aromatic nitrogens is 3. The van der Waals surface area contributed by atoms with Crippen molar-refractivity contribution in [3.63, 3.8) is 0 Å². The zero-order valence-corrected chi connectivity index (χ0v) is 11.7. The predicted molar refractivity (Wildman–Crippen MR) is 77.1 cm³/mol. The molecule has 5 nitrogen and oxygen atoms in total. The Balaban J connectivity index is 2.15. The minimum atomic E-state index is -0.978. The molecule has 1 saturated heterocycles. The van der Waals surface area contributed by atoms with E-state index in [4.69, 9.17) is 17.5 Å². The Morgan fingerprint density at radius 2 is 1.75 bits per heavy atom. The molecule has 3 rings (SSSR count). The maximum Gasteiger partial charge on any atom is 0.516 e. The van der Waals surface area contributed by atoms with Crippen molar-refractivity contribution in [1.29, 1.82) is 0 Å². The van der Waals surface area contributed by atoms with Crippen molar-refractivity contribution < 1.29 is 17.5 Å². The predicted octanol–water partition coefficient (Wildman–Crippen LogP) is 1.57. The highest BCUT2D eigenvalue weighted by Crippen LogP contribution is 2.36. The van der Waals surface area contributed by atoms with Crippen LogP contribution in [-0.2, 0) is 9.31 Å². The highest BCUT2D eigenvalue weighted by Gasteiger charge is 2.52. The third-order valence-corrected chi connectivity index (χ3v) is 3.66. The lowest BCUT2D eigenvalue weighted by Crippen LogP contribution is -2.41. The fourth-order valence-corrected chi connectivity index (χ4v) is 1.77. The normalized spacial score (nSPS) is 24.5. The van der Waals surface area contributed by atoms with Crippen LogP contribution in [0.3, 0.4) is 0 Å². The van der Waals surface area contributed by atoms with Crippen molar-refractivity contribution >= 4 is 12.7 Å². The van der Waals surface area contributed by atoms with Crippen molar-refractivity contribution in [2.45, 2.75) is 38.9 Å². The molecule has 1 fully saturated rings. The lowest BCUT2D eigenvalue weighted by atomic mass is 9.86. The molecule has 0 N–H and O–H groups in total. The zero-order chi connectivity index (χ0) is 19.6. The van der Waals surface area contributed by atoms with Crippen LogP contribution in [-0.4, -0.2) is 32.9 Å². The minimum absolute atomic E-state index is 0.0438. The van der Waals surface area contributed by atoms with E-state index < -0.39 is 49.1 Å². The molecule has 104 valence electrons. The highest BCUT2D eigenvalue weighted by atomic mass is 16.7.